The maximum absolute atomic E-state index is 12.6. The van der Waals surface area contributed by atoms with Gasteiger partial charge in [0, 0.05) is 5.02 Å². The highest BCUT2D eigenvalue weighted by Crippen LogP contribution is 2.33. The third kappa shape index (κ3) is 3.09. The molecule has 1 aliphatic heterocycles. The number of benzene rings is 1. The van der Waals surface area contributed by atoms with E-state index in [1.807, 2.05) is 9.97 Å². The fourth-order valence-electron chi connectivity index (χ4n) is 2.26. The van der Waals surface area contributed by atoms with Gasteiger partial charge < -0.3 is 5.11 Å². The van der Waals surface area contributed by atoms with Crippen molar-refractivity contribution in [2.75, 3.05) is 5.01 Å². The maximum Gasteiger partial charge on any atom is 0.328 e. The van der Waals surface area contributed by atoms with Crippen molar-refractivity contribution in [2.24, 2.45) is 5.10 Å². The number of nitrogens with zero attached hydrogens (tertiary/aromatic N) is 2. The Hall–Kier alpha value is -2.84. The molecule has 2 heterocycles. The molecule has 1 aromatic heterocycles. The van der Waals surface area contributed by atoms with Crippen LogP contribution in [-0.4, -0.2) is 26.7 Å². The lowest BCUT2D eigenvalue weighted by Gasteiger charge is -2.13. The third-order valence-electron chi connectivity index (χ3n) is 3.45. The average Bonchev–Trinajstić information content (AvgIpc) is 2.80. The van der Waals surface area contributed by atoms with E-state index in [2.05, 4.69) is 5.10 Å². The van der Waals surface area contributed by atoms with E-state index in [4.69, 9.17) is 23.2 Å². The van der Waals surface area contributed by atoms with Gasteiger partial charge in [-0.15, -0.1) is 0 Å². The van der Waals surface area contributed by atoms with Crippen LogP contribution in [-0.2, 0) is 4.79 Å². The molecule has 0 aliphatic carbocycles. The Morgan fingerprint density at radius 3 is 2.60 bits per heavy atom. The third-order valence-corrected chi connectivity index (χ3v) is 4.00. The van der Waals surface area contributed by atoms with E-state index in [1.165, 1.54) is 12.1 Å². The molecular formula is C15H10Cl2N4O4. The number of nitrogens with one attached hydrogen (secondary N) is 2. The monoisotopic (exact) mass is 380 g/mol. The van der Waals surface area contributed by atoms with Gasteiger partial charge in [0.2, 0.25) is 5.88 Å². The predicted octanol–water partition coefficient (Wildman–Crippen LogP) is 1.88. The smallest absolute Gasteiger partial charge is 0.328 e. The van der Waals surface area contributed by atoms with E-state index in [0.29, 0.717) is 10.7 Å². The van der Waals surface area contributed by atoms with Gasteiger partial charge in [-0.1, -0.05) is 23.2 Å². The maximum atomic E-state index is 12.6. The Balaban J connectivity index is 2.09. The number of carbonyl (C=O) groups is 1. The number of aromatic amines is 2. The lowest BCUT2D eigenvalue weighted by Crippen LogP contribution is -2.25. The zero-order valence-electron chi connectivity index (χ0n) is 12.6. The van der Waals surface area contributed by atoms with Crippen LogP contribution in [0.5, 0.6) is 5.88 Å². The Morgan fingerprint density at radius 1 is 1.20 bits per heavy atom. The van der Waals surface area contributed by atoms with Crippen LogP contribution in [0.4, 0.5) is 5.69 Å². The molecule has 128 valence electrons. The number of anilines is 1. The summed E-state index contributed by atoms with van der Waals surface area (Å²) in [4.78, 5) is 39.6. The van der Waals surface area contributed by atoms with Crippen molar-refractivity contribution in [3.05, 3.63) is 60.2 Å². The van der Waals surface area contributed by atoms with E-state index in [-0.39, 0.29) is 21.8 Å². The highest BCUT2D eigenvalue weighted by Gasteiger charge is 2.30. The van der Waals surface area contributed by atoms with Gasteiger partial charge >= 0.3 is 5.69 Å². The number of hydrazone groups is 1. The predicted molar refractivity (Wildman–Crippen MR) is 94.4 cm³/mol. The molecule has 3 rings (SSSR count). The number of halogens is 2. The topological polar surface area (TPSA) is 119 Å². The summed E-state index contributed by atoms with van der Waals surface area (Å²) in [7, 11) is 0. The number of hydrogen-bond acceptors (Lipinski definition) is 5. The minimum atomic E-state index is -0.861. The van der Waals surface area contributed by atoms with E-state index < -0.39 is 23.0 Å². The molecule has 0 unspecified atom stereocenters. The quantitative estimate of drug-likeness (QED) is 0.689. The number of H-pyrrole nitrogens is 2. The summed E-state index contributed by atoms with van der Waals surface area (Å²) in [5.41, 5.74) is -1.33. The van der Waals surface area contributed by atoms with E-state index in [1.54, 1.807) is 13.0 Å². The van der Waals surface area contributed by atoms with Crippen LogP contribution < -0.4 is 16.3 Å². The van der Waals surface area contributed by atoms with Gasteiger partial charge in [-0.25, -0.2) is 4.79 Å². The van der Waals surface area contributed by atoms with Crippen molar-refractivity contribution >= 4 is 46.6 Å². The number of aromatic nitrogens is 2. The van der Waals surface area contributed by atoms with Crippen molar-refractivity contribution in [3.8, 4) is 5.88 Å². The van der Waals surface area contributed by atoms with Crippen molar-refractivity contribution < 1.29 is 9.90 Å². The van der Waals surface area contributed by atoms with Crippen LogP contribution in [0.25, 0.3) is 6.08 Å². The molecule has 3 N–H and O–H groups in total. The first-order chi connectivity index (χ1) is 11.8. The molecule has 1 aliphatic rings. The summed E-state index contributed by atoms with van der Waals surface area (Å²) in [6.07, 6.45) is 1.14. The first kappa shape index (κ1) is 17.0. The lowest BCUT2D eigenvalue weighted by atomic mass is 10.1. The summed E-state index contributed by atoms with van der Waals surface area (Å²) >= 11 is 12.0. The SMILES string of the molecule is CC1=NN(c2cc(Cl)ccc2Cl)C(=O)/C1=C/c1c(O)[nH]c(=O)[nH]c1=O. The fourth-order valence-corrected chi connectivity index (χ4v) is 2.62. The zero-order valence-corrected chi connectivity index (χ0v) is 14.1. The Morgan fingerprint density at radius 2 is 1.92 bits per heavy atom. The van der Waals surface area contributed by atoms with Gasteiger partial charge in [-0.3, -0.25) is 19.6 Å². The van der Waals surface area contributed by atoms with Crippen LogP contribution in [0.1, 0.15) is 12.5 Å². The summed E-state index contributed by atoms with van der Waals surface area (Å²) in [6.45, 7) is 1.55. The first-order valence-electron chi connectivity index (χ1n) is 6.90. The minimum Gasteiger partial charge on any atom is -0.494 e. The average molecular weight is 381 g/mol. The molecule has 0 fully saturated rings. The standard InChI is InChI=1S/C15H10Cl2N4O4/c1-6-8(5-9-12(22)18-15(25)19-13(9)23)14(24)21(20-6)11-4-7(16)2-3-10(11)17/h2-5H,1H3,(H3,18,19,22,23,25)/b8-5+. The Bertz CT molecular complexity index is 1070. The number of aromatic hydroxyl groups is 1. The van der Waals surface area contributed by atoms with Gasteiger partial charge in [0.1, 0.15) is 5.56 Å². The van der Waals surface area contributed by atoms with Crippen LogP contribution in [0.15, 0.2) is 38.5 Å². The van der Waals surface area contributed by atoms with E-state index in [9.17, 15) is 19.5 Å². The van der Waals surface area contributed by atoms with Gasteiger partial charge in [0.05, 0.1) is 22.0 Å². The number of amides is 1. The lowest BCUT2D eigenvalue weighted by molar-refractivity contribution is -0.114. The normalized spacial score (nSPS) is 15.8. The highest BCUT2D eigenvalue weighted by atomic mass is 35.5. The van der Waals surface area contributed by atoms with Crippen molar-refractivity contribution in [1.82, 2.24) is 9.97 Å². The van der Waals surface area contributed by atoms with Crippen molar-refractivity contribution in [2.45, 2.75) is 6.92 Å². The molecule has 10 heteroatoms. The number of carbonyl (C=O) groups excluding carboxylic acids is 1. The molecule has 1 amide bonds. The van der Waals surface area contributed by atoms with Crippen LogP contribution >= 0.6 is 23.2 Å². The van der Waals surface area contributed by atoms with E-state index in [0.717, 1.165) is 11.1 Å². The van der Waals surface area contributed by atoms with Gasteiger partial charge in [0.15, 0.2) is 0 Å². The molecule has 0 saturated heterocycles. The Kier molecular flexibility index (Phi) is 4.23. The molecule has 1 aromatic carbocycles. The molecule has 0 radical (unpaired) electrons. The highest BCUT2D eigenvalue weighted by molar-refractivity contribution is 6.38. The molecule has 25 heavy (non-hydrogen) atoms. The van der Waals surface area contributed by atoms with E-state index >= 15 is 0 Å². The summed E-state index contributed by atoms with van der Waals surface area (Å²) in [5, 5.41) is 15.5. The van der Waals surface area contributed by atoms with Crippen molar-refractivity contribution in [3.63, 3.8) is 0 Å². The molecule has 0 atom stereocenters. The molecule has 0 bridgehead atoms. The fraction of sp³-hybridized carbons (Fsp3) is 0.0667. The summed E-state index contributed by atoms with van der Waals surface area (Å²) < 4.78 is 0. The zero-order chi connectivity index (χ0) is 18.3. The molecular weight excluding hydrogens is 371 g/mol. The van der Waals surface area contributed by atoms with Crippen LogP contribution in [0, 0.1) is 0 Å². The molecule has 2 aromatic rings. The second kappa shape index (κ2) is 6.23. The Labute approximate surface area is 150 Å². The largest absolute Gasteiger partial charge is 0.494 e. The number of rotatable bonds is 2. The molecule has 8 nitrogen and oxygen atoms in total. The second-order valence-corrected chi connectivity index (χ2v) is 5.97. The molecule has 0 saturated carbocycles. The summed E-state index contributed by atoms with van der Waals surface area (Å²) in [6, 6.07) is 4.57. The second-order valence-electron chi connectivity index (χ2n) is 5.13. The molecule has 0 spiro atoms. The summed E-state index contributed by atoms with van der Waals surface area (Å²) in [5.74, 6) is -1.22. The van der Waals surface area contributed by atoms with Crippen LogP contribution in [0.2, 0.25) is 10.0 Å². The van der Waals surface area contributed by atoms with Crippen LogP contribution in [0.3, 0.4) is 0 Å². The first-order valence-corrected chi connectivity index (χ1v) is 7.66. The van der Waals surface area contributed by atoms with Gasteiger partial charge in [-0.2, -0.15) is 10.1 Å². The van der Waals surface area contributed by atoms with Crippen molar-refractivity contribution in [1.29, 1.82) is 0 Å². The van der Waals surface area contributed by atoms with Gasteiger partial charge in [-0.05, 0) is 31.2 Å². The minimum absolute atomic E-state index is 0.0592. The number of hydrogen-bond donors (Lipinski definition) is 3. The van der Waals surface area contributed by atoms with Gasteiger partial charge in [0.25, 0.3) is 11.5 Å².